The van der Waals surface area contributed by atoms with Crippen LogP contribution in [0.15, 0.2) is 23.8 Å². The fourth-order valence-corrected chi connectivity index (χ4v) is 2.73. The van der Waals surface area contributed by atoms with Crippen molar-refractivity contribution in [2.24, 2.45) is 0 Å². The molecule has 1 aliphatic heterocycles. The minimum Gasteiger partial charge on any atom is -0.464 e. The lowest BCUT2D eigenvalue weighted by Crippen LogP contribution is -2.50. The van der Waals surface area contributed by atoms with E-state index in [4.69, 9.17) is 4.74 Å². The Hall–Kier alpha value is -2.11. The summed E-state index contributed by atoms with van der Waals surface area (Å²) in [7, 11) is 0. The smallest absolute Gasteiger partial charge is 0.328 e. The third-order valence-corrected chi connectivity index (χ3v) is 3.88. The molecule has 6 heteroatoms. The van der Waals surface area contributed by atoms with E-state index >= 15 is 0 Å². The molecule has 2 aliphatic rings. The molecule has 2 amide bonds. The average Bonchev–Trinajstić information content (AvgIpc) is 3.17. The third-order valence-electron chi connectivity index (χ3n) is 3.88. The van der Waals surface area contributed by atoms with E-state index in [9.17, 15) is 14.4 Å². The minimum atomic E-state index is -0.663. The number of hydrogen-bond acceptors (Lipinski definition) is 4. The van der Waals surface area contributed by atoms with Gasteiger partial charge in [-0.2, -0.15) is 0 Å². The van der Waals surface area contributed by atoms with Gasteiger partial charge in [-0.15, -0.1) is 0 Å². The molecule has 1 aliphatic carbocycles. The first-order valence-corrected chi connectivity index (χ1v) is 7.68. The molecule has 0 bridgehead atoms. The topological polar surface area (TPSA) is 75.7 Å². The Morgan fingerprint density at radius 1 is 1.45 bits per heavy atom. The molecule has 0 spiro atoms. The molecule has 0 unspecified atom stereocenters. The molecule has 22 heavy (non-hydrogen) atoms. The zero-order chi connectivity index (χ0) is 16.1. The van der Waals surface area contributed by atoms with Crippen LogP contribution in [0.5, 0.6) is 0 Å². The number of allylic oxidation sites excluding steroid dienone is 3. The quantitative estimate of drug-likeness (QED) is 0.767. The highest BCUT2D eigenvalue weighted by molar-refractivity contribution is 5.98. The molecule has 1 heterocycles. The number of esters is 1. The van der Waals surface area contributed by atoms with Gasteiger partial charge in [-0.3, -0.25) is 9.59 Å². The predicted octanol–water partition coefficient (Wildman–Crippen LogP) is 0.931. The van der Waals surface area contributed by atoms with Crippen LogP contribution in [0.1, 0.15) is 33.1 Å². The maximum absolute atomic E-state index is 12.5. The summed E-state index contributed by atoms with van der Waals surface area (Å²) in [6, 6.07) is -1.19. The molecule has 0 aromatic carbocycles. The van der Waals surface area contributed by atoms with Gasteiger partial charge in [0, 0.05) is 12.1 Å². The monoisotopic (exact) mass is 306 g/mol. The molecule has 0 aromatic rings. The number of carbonyl (C=O) groups excluding carboxylic acids is 3. The maximum Gasteiger partial charge on any atom is 0.328 e. The first-order valence-electron chi connectivity index (χ1n) is 7.68. The van der Waals surface area contributed by atoms with Gasteiger partial charge < -0.3 is 15.0 Å². The van der Waals surface area contributed by atoms with E-state index in [-0.39, 0.29) is 17.8 Å². The molecular formula is C16H22N2O4. The van der Waals surface area contributed by atoms with Crippen LogP contribution in [0.4, 0.5) is 0 Å². The van der Waals surface area contributed by atoms with E-state index in [1.54, 1.807) is 19.9 Å². The number of nitrogens with zero attached hydrogens (tertiary/aromatic N) is 1. The van der Waals surface area contributed by atoms with Crippen LogP contribution in [0.3, 0.4) is 0 Å². The van der Waals surface area contributed by atoms with E-state index in [0.717, 1.165) is 6.42 Å². The van der Waals surface area contributed by atoms with E-state index in [1.807, 2.05) is 12.2 Å². The Morgan fingerprint density at radius 3 is 2.86 bits per heavy atom. The van der Waals surface area contributed by atoms with Crippen LogP contribution in [0.25, 0.3) is 0 Å². The predicted molar refractivity (Wildman–Crippen MR) is 80.8 cm³/mol. The van der Waals surface area contributed by atoms with Gasteiger partial charge in [0.1, 0.15) is 12.1 Å². The summed E-state index contributed by atoms with van der Waals surface area (Å²) in [4.78, 5) is 37.9. The van der Waals surface area contributed by atoms with Crippen molar-refractivity contribution >= 4 is 17.8 Å². The van der Waals surface area contributed by atoms with Gasteiger partial charge in [0.15, 0.2) is 0 Å². The van der Waals surface area contributed by atoms with Gasteiger partial charge in [0.2, 0.25) is 11.8 Å². The molecule has 6 nitrogen and oxygen atoms in total. The molecule has 0 radical (unpaired) electrons. The van der Waals surface area contributed by atoms with Crippen LogP contribution in [0.2, 0.25) is 0 Å². The van der Waals surface area contributed by atoms with Gasteiger partial charge in [0.05, 0.1) is 6.61 Å². The van der Waals surface area contributed by atoms with Crippen molar-refractivity contribution in [2.45, 2.75) is 45.2 Å². The highest BCUT2D eigenvalue weighted by atomic mass is 16.5. The number of amides is 2. The molecule has 2 rings (SSSR count). The lowest BCUT2D eigenvalue weighted by Gasteiger charge is -2.26. The van der Waals surface area contributed by atoms with E-state index in [0.29, 0.717) is 31.6 Å². The summed E-state index contributed by atoms with van der Waals surface area (Å²) in [6.45, 7) is 4.20. The molecular weight excluding hydrogens is 284 g/mol. The van der Waals surface area contributed by atoms with Crippen molar-refractivity contribution in [3.63, 3.8) is 0 Å². The van der Waals surface area contributed by atoms with Crippen molar-refractivity contribution in [1.82, 2.24) is 10.2 Å². The van der Waals surface area contributed by atoms with Crippen LogP contribution in [0, 0.1) is 0 Å². The van der Waals surface area contributed by atoms with E-state index in [2.05, 4.69) is 5.32 Å². The van der Waals surface area contributed by atoms with Gasteiger partial charge in [-0.05, 0) is 33.1 Å². The van der Waals surface area contributed by atoms with E-state index < -0.39 is 12.1 Å². The Bertz CT molecular complexity index is 524. The van der Waals surface area contributed by atoms with Crippen molar-refractivity contribution in [2.75, 3.05) is 13.2 Å². The summed E-state index contributed by atoms with van der Waals surface area (Å²) in [6.07, 6.45) is 7.41. The minimum absolute atomic E-state index is 0.238. The van der Waals surface area contributed by atoms with Crippen molar-refractivity contribution in [3.8, 4) is 0 Å². The maximum atomic E-state index is 12.5. The van der Waals surface area contributed by atoms with Crippen molar-refractivity contribution in [3.05, 3.63) is 23.8 Å². The highest BCUT2D eigenvalue weighted by Gasteiger charge is 2.37. The zero-order valence-electron chi connectivity index (χ0n) is 13.0. The molecule has 2 atom stereocenters. The Labute approximate surface area is 130 Å². The van der Waals surface area contributed by atoms with Gasteiger partial charge in [0.25, 0.3) is 0 Å². The Morgan fingerprint density at radius 2 is 2.23 bits per heavy atom. The largest absolute Gasteiger partial charge is 0.464 e. The fourth-order valence-electron chi connectivity index (χ4n) is 2.73. The molecule has 120 valence electrons. The normalized spacial score (nSPS) is 21.5. The molecule has 1 N–H and O–H groups in total. The van der Waals surface area contributed by atoms with Crippen molar-refractivity contribution in [1.29, 1.82) is 0 Å². The third kappa shape index (κ3) is 3.55. The SMILES string of the molecule is CCOC(=O)[C@@H]1CCCN1C(=O)[C@H](C)NC(=O)C1=CC=CC1. The molecule has 1 saturated heterocycles. The lowest BCUT2D eigenvalue weighted by molar-refractivity contribution is -0.153. The summed E-state index contributed by atoms with van der Waals surface area (Å²) >= 11 is 0. The number of rotatable bonds is 5. The number of carbonyl (C=O) groups is 3. The average molecular weight is 306 g/mol. The van der Waals surface area contributed by atoms with Crippen molar-refractivity contribution < 1.29 is 19.1 Å². The molecule has 1 fully saturated rings. The van der Waals surface area contributed by atoms with Crippen LogP contribution in [-0.4, -0.2) is 47.9 Å². The number of ether oxygens (including phenoxy) is 1. The summed E-state index contributed by atoms with van der Waals surface area (Å²) < 4.78 is 5.01. The standard InChI is InChI=1S/C16H22N2O4/c1-3-22-16(21)13-9-6-10-18(13)15(20)11(2)17-14(19)12-7-4-5-8-12/h4-5,7,11,13H,3,6,8-10H2,1-2H3,(H,17,19)/t11-,13-/m0/s1. The van der Waals surface area contributed by atoms with Crippen LogP contribution < -0.4 is 5.32 Å². The second-order valence-corrected chi connectivity index (χ2v) is 5.46. The Balaban J connectivity index is 1.94. The summed E-state index contributed by atoms with van der Waals surface area (Å²) in [5.74, 6) is -0.845. The first-order chi connectivity index (χ1) is 10.5. The number of nitrogens with one attached hydrogen (secondary N) is 1. The molecule has 0 aromatic heterocycles. The highest BCUT2D eigenvalue weighted by Crippen LogP contribution is 2.20. The number of likely N-dealkylation sites (tertiary alicyclic amines) is 1. The zero-order valence-corrected chi connectivity index (χ0v) is 13.0. The Kier molecular flexibility index (Phi) is 5.35. The van der Waals surface area contributed by atoms with Gasteiger partial charge in [-0.1, -0.05) is 18.2 Å². The fraction of sp³-hybridized carbons (Fsp3) is 0.562. The summed E-state index contributed by atoms with van der Waals surface area (Å²) in [5, 5.41) is 2.70. The molecule has 0 saturated carbocycles. The lowest BCUT2D eigenvalue weighted by atomic mass is 10.2. The van der Waals surface area contributed by atoms with Gasteiger partial charge >= 0.3 is 5.97 Å². The number of hydrogen-bond donors (Lipinski definition) is 1. The summed E-state index contributed by atoms with van der Waals surface area (Å²) in [5.41, 5.74) is 0.642. The van der Waals surface area contributed by atoms with Crippen LogP contribution >= 0.6 is 0 Å². The second kappa shape index (κ2) is 7.24. The van der Waals surface area contributed by atoms with Crippen LogP contribution in [-0.2, 0) is 19.1 Å². The second-order valence-electron chi connectivity index (χ2n) is 5.46. The van der Waals surface area contributed by atoms with E-state index in [1.165, 1.54) is 4.90 Å². The first kappa shape index (κ1) is 16.3. The van der Waals surface area contributed by atoms with Gasteiger partial charge in [-0.25, -0.2) is 4.79 Å².